The van der Waals surface area contributed by atoms with E-state index in [0.717, 1.165) is 37.1 Å². The predicted octanol–water partition coefficient (Wildman–Crippen LogP) is 1.94. The molecule has 3 heterocycles. The van der Waals surface area contributed by atoms with E-state index >= 15 is 0 Å². The van der Waals surface area contributed by atoms with Crippen LogP contribution in [0.3, 0.4) is 0 Å². The predicted molar refractivity (Wildman–Crippen MR) is 90.3 cm³/mol. The highest BCUT2D eigenvalue weighted by molar-refractivity contribution is 5.96. The molecule has 1 amide bonds. The Morgan fingerprint density at radius 2 is 2.17 bits per heavy atom. The number of anilines is 1. The van der Waals surface area contributed by atoms with E-state index in [4.69, 9.17) is 4.74 Å². The van der Waals surface area contributed by atoms with Gasteiger partial charge in [0.1, 0.15) is 11.4 Å². The zero-order valence-corrected chi connectivity index (χ0v) is 13.7. The largest absolute Gasteiger partial charge is 0.497 e. The molecule has 2 aromatic rings. The number of amides is 1. The van der Waals surface area contributed by atoms with Gasteiger partial charge < -0.3 is 15.0 Å². The first-order chi connectivity index (χ1) is 11.7. The van der Waals surface area contributed by atoms with Gasteiger partial charge in [-0.05, 0) is 37.0 Å². The second-order valence-corrected chi connectivity index (χ2v) is 6.27. The summed E-state index contributed by atoms with van der Waals surface area (Å²) in [6.45, 7) is 1.46. The summed E-state index contributed by atoms with van der Waals surface area (Å²) in [6.07, 6.45) is 4.95. The van der Waals surface area contributed by atoms with Crippen LogP contribution in [-0.2, 0) is 13.0 Å². The Labute approximate surface area is 140 Å². The van der Waals surface area contributed by atoms with Gasteiger partial charge in [-0.1, -0.05) is 12.1 Å². The van der Waals surface area contributed by atoms with Crippen LogP contribution in [0.15, 0.2) is 30.5 Å². The van der Waals surface area contributed by atoms with Crippen LogP contribution in [0.5, 0.6) is 5.75 Å². The molecule has 2 aliphatic rings. The van der Waals surface area contributed by atoms with Gasteiger partial charge in [0, 0.05) is 30.9 Å². The third-order valence-electron chi connectivity index (χ3n) is 4.77. The van der Waals surface area contributed by atoms with Gasteiger partial charge in [0.15, 0.2) is 0 Å². The normalized spacial score (nSPS) is 19.3. The van der Waals surface area contributed by atoms with Crippen molar-refractivity contribution in [1.82, 2.24) is 15.3 Å². The SMILES string of the molecule is COc1ccc(CC2CCCN2c2ncc3c(n2)C(=O)NC3)cc1. The Kier molecular flexibility index (Phi) is 3.80. The fourth-order valence-corrected chi connectivity index (χ4v) is 3.47. The second kappa shape index (κ2) is 6.11. The average molecular weight is 324 g/mol. The Morgan fingerprint density at radius 1 is 1.33 bits per heavy atom. The van der Waals surface area contributed by atoms with Crippen LogP contribution in [0, 0.1) is 0 Å². The molecular weight excluding hydrogens is 304 g/mol. The fourth-order valence-electron chi connectivity index (χ4n) is 3.47. The molecule has 24 heavy (non-hydrogen) atoms. The molecule has 1 aromatic carbocycles. The number of rotatable bonds is 4. The number of carbonyl (C=O) groups is 1. The lowest BCUT2D eigenvalue weighted by Crippen LogP contribution is -2.32. The van der Waals surface area contributed by atoms with Gasteiger partial charge >= 0.3 is 0 Å². The maximum absolute atomic E-state index is 11.8. The smallest absolute Gasteiger partial charge is 0.270 e. The maximum atomic E-state index is 11.8. The minimum atomic E-state index is -0.0976. The Balaban J connectivity index is 1.54. The lowest BCUT2D eigenvalue weighted by atomic mass is 10.0. The molecule has 0 aliphatic carbocycles. The molecule has 1 fully saturated rings. The van der Waals surface area contributed by atoms with Crippen LogP contribution in [0.1, 0.15) is 34.5 Å². The van der Waals surface area contributed by atoms with Gasteiger partial charge in [0.05, 0.1) is 7.11 Å². The van der Waals surface area contributed by atoms with Crippen molar-refractivity contribution < 1.29 is 9.53 Å². The molecule has 1 atom stereocenters. The van der Waals surface area contributed by atoms with Crippen molar-refractivity contribution in [3.05, 3.63) is 47.3 Å². The number of hydrogen-bond acceptors (Lipinski definition) is 5. The number of aromatic nitrogens is 2. The highest BCUT2D eigenvalue weighted by Crippen LogP contribution is 2.27. The highest BCUT2D eigenvalue weighted by Gasteiger charge is 2.29. The monoisotopic (exact) mass is 324 g/mol. The zero-order valence-electron chi connectivity index (χ0n) is 13.7. The van der Waals surface area contributed by atoms with Crippen molar-refractivity contribution >= 4 is 11.9 Å². The Hall–Kier alpha value is -2.63. The molecular formula is C18H20N4O2. The molecule has 4 rings (SSSR count). The molecule has 0 radical (unpaired) electrons. The van der Waals surface area contributed by atoms with Crippen LogP contribution in [0.4, 0.5) is 5.95 Å². The molecule has 1 unspecified atom stereocenters. The minimum Gasteiger partial charge on any atom is -0.497 e. The summed E-state index contributed by atoms with van der Waals surface area (Å²) in [6, 6.07) is 8.55. The number of ether oxygens (including phenoxy) is 1. The van der Waals surface area contributed by atoms with Crippen molar-refractivity contribution in [3.8, 4) is 5.75 Å². The van der Waals surface area contributed by atoms with Crippen molar-refractivity contribution in [1.29, 1.82) is 0 Å². The maximum Gasteiger partial charge on any atom is 0.270 e. The lowest BCUT2D eigenvalue weighted by molar-refractivity contribution is 0.0961. The van der Waals surface area contributed by atoms with Crippen LogP contribution in [0.25, 0.3) is 0 Å². The zero-order chi connectivity index (χ0) is 16.5. The fraction of sp³-hybridized carbons (Fsp3) is 0.389. The van der Waals surface area contributed by atoms with Crippen molar-refractivity contribution in [2.24, 2.45) is 0 Å². The summed E-state index contributed by atoms with van der Waals surface area (Å²) in [5.74, 6) is 1.44. The van der Waals surface area contributed by atoms with Gasteiger partial charge in [0.25, 0.3) is 5.91 Å². The number of fused-ring (bicyclic) bond motifs is 1. The van der Waals surface area contributed by atoms with E-state index in [1.165, 1.54) is 5.56 Å². The summed E-state index contributed by atoms with van der Waals surface area (Å²) in [4.78, 5) is 23.1. The van der Waals surface area contributed by atoms with Crippen molar-refractivity contribution in [2.45, 2.75) is 31.8 Å². The quantitative estimate of drug-likeness (QED) is 0.931. The van der Waals surface area contributed by atoms with Gasteiger partial charge in [-0.2, -0.15) is 0 Å². The van der Waals surface area contributed by atoms with E-state index in [0.29, 0.717) is 24.2 Å². The minimum absolute atomic E-state index is 0.0976. The van der Waals surface area contributed by atoms with Gasteiger partial charge in [0.2, 0.25) is 5.95 Å². The van der Waals surface area contributed by atoms with E-state index < -0.39 is 0 Å². The molecule has 6 heteroatoms. The number of nitrogens with zero attached hydrogens (tertiary/aromatic N) is 3. The molecule has 1 saturated heterocycles. The Bertz CT molecular complexity index is 760. The molecule has 124 valence electrons. The molecule has 0 spiro atoms. The van der Waals surface area contributed by atoms with E-state index in [-0.39, 0.29) is 5.91 Å². The van der Waals surface area contributed by atoms with Gasteiger partial charge in [-0.25, -0.2) is 9.97 Å². The summed E-state index contributed by atoms with van der Waals surface area (Å²) in [5.41, 5.74) is 2.68. The standard InChI is InChI=1S/C18H20N4O2/c1-24-15-6-4-12(5-7-15)9-14-3-2-8-22(14)18-20-11-13-10-19-17(23)16(13)21-18/h4-7,11,14H,2-3,8-10H2,1H3,(H,19,23). The number of benzene rings is 1. The summed E-state index contributed by atoms with van der Waals surface area (Å²) < 4.78 is 5.21. The van der Waals surface area contributed by atoms with Crippen LogP contribution < -0.4 is 15.0 Å². The van der Waals surface area contributed by atoms with E-state index in [9.17, 15) is 4.79 Å². The summed E-state index contributed by atoms with van der Waals surface area (Å²) >= 11 is 0. The Morgan fingerprint density at radius 3 is 2.96 bits per heavy atom. The van der Waals surface area contributed by atoms with Crippen LogP contribution in [0.2, 0.25) is 0 Å². The number of hydrogen-bond donors (Lipinski definition) is 1. The van der Waals surface area contributed by atoms with E-state index in [1.807, 2.05) is 12.1 Å². The number of nitrogens with one attached hydrogen (secondary N) is 1. The van der Waals surface area contributed by atoms with Crippen molar-refractivity contribution in [2.75, 3.05) is 18.6 Å². The van der Waals surface area contributed by atoms with Gasteiger partial charge in [-0.15, -0.1) is 0 Å². The molecule has 0 bridgehead atoms. The molecule has 2 aliphatic heterocycles. The molecule has 1 aromatic heterocycles. The van der Waals surface area contributed by atoms with E-state index in [1.54, 1.807) is 13.3 Å². The highest BCUT2D eigenvalue weighted by atomic mass is 16.5. The number of methoxy groups -OCH3 is 1. The van der Waals surface area contributed by atoms with Crippen LogP contribution in [-0.4, -0.2) is 35.6 Å². The van der Waals surface area contributed by atoms with E-state index in [2.05, 4.69) is 32.3 Å². The first-order valence-corrected chi connectivity index (χ1v) is 8.28. The summed E-state index contributed by atoms with van der Waals surface area (Å²) in [7, 11) is 1.68. The molecule has 6 nitrogen and oxygen atoms in total. The lowest BCUT2D eigenvalue weighted by Gasteiger charge is -2.25. The van der Waals surface area contributed by atoms with Crippen molar-refractivity contribution in [3.63, 3.8) is 0 Å². The number of carbonyl (C=O) groups excluding carboxylic acids is 1. The second-order valence-electron chi connectivity index (χ2n) is 6.27. The third kappa shape index (κ3) is 2.68. The third-order valence-corrected chi connectivity index (χ3v) is 4.77. The molecule has 0 saturated carbocycles. The first kappa shape index (κ1) is 14.9. The average Bonchev–Trinajstić information content (AvgIpc) is 3.22. The summed E-state index contributed by atoms with van der Waals surface area (Å²) in [5, 5.41) is 2.79. The van der Waals surface area contributed by atoms with Gasteiger partial charge in [-0.3, -0.25) is 4.79 Å². The van der Waals surface area contributed by atoms with Crippen LogP contribution >= 0.6 is 0 Å². The molecule has 1 N–H and O–H groups in total. The first-order valence-electron chi connectivity index (χ1n) is 8.28. The topological polar surface area (TPSA) is 67.3 Å².